The molecule has 0 spiro atoms. The van der Waals surface area contributed by atoms with Crippen LogP contribution in [0.4, 0.5) is 5.69 Å². The summed E-state index contributed by atoms with van der Waals surface area (Å²) in [4.78, 5) is 2.42. The van der Waals surface area contributed by atoms with Gasteiger partial charge in [-0.25, -0.2) is 8.42 Å². The lowest BCUT2D eigenvalue weighted by Crippen LogP contribution is -2.39. The van der Waals surface area contributed by atoms with Crippen LogP contribution in [0.15, 0.2) is 24.3 Å². The van der Waals surface area contributed by atoms with Crippen LogP contribution in [0.3, 0.4) is 0 Å². The second-order valence-corrected chi connectivity index (χ2v) is 8.30. The molecule has 2 heterocycles. The number of nitrogens with one attached hydrogen (secondary N) is 1. The average Bonchev–Trinajstić information content (AvgIpc) is 2.67. The normalized spacial score (nSPS) is 21.4. The SMILES string of the molecule is CS(=O)(=O)N1CCN(CC2CCNCC2)Cc2ccccc21. The van der Waals surface area contributed by atoms with Crippen LogP contribution in [0.1, 0.15) is 18.4 Å². The maximum Gasteiger partial charge on any atom is 0.232 e. The number of benzene rings is 1. The monoisotopic (exact) mass is 323 g/mol. The molecule has 0 amide bonds. The van der Waals surface area contributed by atoms with Gasteiger partial charge in [0.1, 0.15) is 0 Å². The minimum atomic E-state index is -3.22. The summed E-state index contributed by atoms with van der Waals surface area (Å²) in [7, 11) is -3.22. The fourth-order valence-corrected chi connectivity index (χ4v) is 4.44. The van der Waals surface area contributed by atoms with Gasteiger partial charge in [0.2, 0.25) is 10.0 Å². The van der Waals surface area contributed by atoms with Gasteiger partial charge in [-0.3, -0.25) is 9.21 Å². The van der Waals surface area contributed by atoms with Crippen molar-refractivity contribution >= 4 is 15.7 Å². The van der Waals surface area contributed by atoms with E-state index in [-0.39, 0.29) is 0 Å². The van der Waals surface area contributed by atoms with Crippen molar-refractivity contribution < 1.29 is 8.42 Å². The molecule has 0 bridgehead atoms. The lowest BCUT2D eigenvalue weighted by atomic mass is 9.97. The van der Waals surface area contributed by atoms with Gasteiger partial charge in [-0.1, -0.05) is 18.2 Å². The average molecular weight is 323 g/mol. The summed E-state index contributed by atoms with van der Waals surface area (Å²) < 4.78 is 25.8. The molecule has 2 aliphatic rings. The topological polar surface area (TPSA) is 52.7 Å². The van der Waals surface area contributed by atoms with Gasteiger partial charge in [0, 0.05) is 26.2 Å². The Hall–Kier alpha value is -1.11. The molecule has 0 unspecified atom stereocenters. The zero-order chi connectivity index (χ0) is 15.6. The van der Waals surface area contributed by atoms with Crippen LogP contribution in [-0.2, 0) is 16.6 Å². The van der Waals surface area contributed by atoms with Crippen LogP contribution >= 0.6 is 0 Å². The molecule has 0 atom stereocenters. The molecule has 0 aromatic heterocycles. The molecule has 1 fully saturated rings. The van der Waals surface area contributed by atoms with Crippen molar-refractivity contribution in [3.8, 4) is 0 Å². The molecule has 1 saturated heterocycles. The number of fused-ring (bicyclic) bond motifs is 1. The highest BCUT2D eigenvalue weighted by atomic mass is 32.2. The first-order valence-corrected chi connectivity index (χ1v) is 9.87. The molecule has 0 radical (unpaired) electrons. The Labute approximate surface area is 133 Å². The van der Waals surface area contributed by atoms with Gasteiger partial charge in [-0.05, 0) is 43.5 Å². The maximum absolute atomic E-state index is 12.1. The Balaban J connectivity index is 1.79. The van der Waals surface area contributed by atoms with Crippen LogP contribution < -0.4 is 9.62 Å². The lowest BCUT2D eigenvalue weighted by Gasteiger charge is -2.29. The van der Waals surface area contributed by atoms with E-state index in [0.717, 1.165) is 49.9 Å². The van der Waals surface area contributed by atoms with Crippen LogP contribution in [0.2, 0.25) is 0 Å². The molecular formula is C16H25N3O2S. The van der Waals surface area contributed by atoms with Gasteiger partial charge < -0.3 is 5.32 Å². The van der Waals surface area contributed by atoms with Gasteiger partial charge in [0.05, 0.1) is 11.9 Å². The number of sulfonamides is 1. The number of hydrogen-bond acceptors (Lipinski definition) is 4. The Morgan fingerprint density at radius 3 is 2.64 bits per heavy atom. The van der Waals surface area contributed by atoms with Gasteiger partial charge in [0.25, 0.3) is 0 Å². The fraction of sp³-hybridized carbons (Fsp3) is 0.625. The van der Waals surface area contributed by atoms with Gasteiger partial charge in [0.15, 0.2) is 0 Å². The number of hydrogen-bond donors (Lipinski definition) is 1. The third-order valence-corrected chi connectivity index (χ3v) is 5.83. The van der Waals surface area contributed by atoms with E-state index in [1.807, 2.05) is 24.3 Å². The van der Waals surface area contributed by atoms with E-state index >= 15 is 0 Å². The van der Waals surface area contributed by atoms with Crippen molar-refractivity contribution in [2.24, 2.45) is 5.92 Å². The van der Waals surface area contributed by atoms with Crippen molar-refractivity contribution in [3.05, 3.63) is 29.8 Å². The standard InChI is InChI=1S/C16H25N3O2S/c1-22(20,21)19-11-10-18(12-14-6-8-17-9-7-14)13-15-4-2-3-5-16(15)19/h2-5,14,17H,6-13H2,1H3. The molecule has 0 saturated carbocycles. The third kappa shape index (κ3) is 3.62. The van der Waals surface area contributed by atoms with Gasteiger partial charge in [-0.2, -0.15) is 0 Å². The molecule has 1 aromatic carbocycles. The number of rotatable bonds is 3. The quantitative estimate of drug-likeness (QED) is 0.910. The zero-order valence-corrected chi connectivity index (χ0v) is 14.0. The van der Waals surface area contributed by atoms with Gasteiger partial charge in [-0.15, -0.1) is 0 Å². The largest absolute Gasteiger partial charge is 0.317 e. The molecule has 22 heavy (non-hydrogen) atoms. The minimum Gasteiger partial charge on any atom is -0.317 e. The van der Waals surface area contributed by atoms with Gasteiger partial charge >= 0.3 is 0 Å². The van der Waals surface area contributed by atoms with E-state index in [1.165, 1.54) is 19.1 Å². The van der Waals surface area contributed by atoms with E-state index in [1.54, 1.807) is 4.31 Å². The smallest absolute Gasteiger partial charge is 0.232 e. The molecule has 2 aliphatic heterocycles. The summed E-state index contributed by atoms with van der Waals surface area (Å²) in [6.07, 6.45) is 3.73. The predicted octanol–water partition coefficient (Wildman–Crippen LogP) is 1.27. The summed E-state index contributed by atoms with van der Waals surface area (Å²) in [5.41, 5.74) is 1.96. The number of anilines is 1. The van der Waals surface area contributed by atoms with Crippen LogP contribution in [0.5, 0.6) is 0 Å². The van der Waals surface area contributed by atoms with Crippen LogP contribution in [0, 0.1) is 5.92 Å². The van der Waals surface area contributed by atoms with E-state index in [4.69, 9.17) is 0 Å². The molecular weight excluding hydrogens is 298 g/mol. The third-order valence-electron chi connectivity index (χ3n) is 4.65. The second kappa shape index (κ2) is 6.56. The molecule has 1 N–H and O–H groups in total. The second-order valence-electron chi connectivity index (χ2n) is 6.39. The Bertz CT molecular complexity index is 612. The van der Waals surface area contributed by atoms with E-state index in [2.05, 4.69) is 10.2 Å². The molecule has 3 rings (SSSR count). The lowest BCUT2D eigenvalue weighted by molar-refractivity contribution is 0.206. The molecule has 1 aromatic rings. The van der Waals surface area contributed by atoms with Crippen molar-refractivity contribution in [1.29, 1.82) is 0 Å². The summed E-state index contributed by atoms with van der Waals surface area (Å²) in [6.45, 7) is 5.45. The first-order chi connectivity index (χ1) is 10.5. The first kappa shape index (κ1) is 15.8. The highest BCUT2D eigenvalue weighted by Crippen LogP contribution is 2.27. The summed E-state index contributed by atoms with van der Waals surface area (Å²) >= 11 is 0. The summed E-state index contributed by atoms with van der Waals surface area (Å²) in [5, 5.41) is 3.40. The van der Waals surface area contributed by atoms with Crippen LogP contribution in [0.25, 0.3) is 0 Å². The van der Waals surface area contributed by atoms with E-state index in [0.29, 0.717) is 6.54 Å². The molecule has 5 nitrogen and oxygen atoms in total. The molecule has 6 heteroatoms. The molecule has 122 valence electrons. The molecule has 0 aliphatic carbocycles. The van der Waals surface area contributed by atoms with E-state index < -0.39 is 10.0 Å². The van der Waals surface area contributed by atoms with Crippen molar-refractivity contribution in [2.45, 2.75) is 19.4 Å². The van der Waals surface area contributed by atoms with Crippen LogP contribution in [-0.4, -0.2) is 52.3 Å². The highest BCUT2D eigenvalue weighted by molar-refractivity contribution is 7.92. The number of para-hydroxylation sites is 1. The number of piperidine rings is 1. The Morgan fingerprint density at radius 2 is 1.91 bits per heavy atom. The zero-order valence-electron chi connectivity index (χ0n) is 13.2. The predicted molar refractivity (Wildman–Crippen MR) is 89.5 cm³/mol. The van der Waals surface area contributed by atoms with E-state index in [9.17, 15) is 8.42 Å². The summed E-state index contributed by atoms with van der Waals surface area (Å²) in [5.74, 6) is 0.721. The summed E-state index contributed by atoms with van der Waals surface area (Å²) in [6, 6.07) is 7.88. The maximum atomic E-state index is 12.1. The first-order valence-electron chi connectivity index (χ1n) is 8.03. The van der Waals surface area contributed by atoms with Crippen molar-refractivity contribution in [2.75, 3.05) is 43.3 Å². The minimum absolute atomic E-state index is 0.542. The fourth-order valence-electron chi connectivity index (χ4n) is 3.49. The van der Waals surface area contributed by atoms with Crippen molar-refractivity contribution in [1.82, 2.24) is 10.2 Å². The van der Waals surface area contributed by atoms with Crippen molar-refractivity contribution in [3.63, 3.8) is 0 Å². The highest BCUT2D eigenvalue weighted by Gasteiger charge is 2.26. The Morgan fingerprint density at radius 1 is 1.18 bits per heavy atom. The number of nitrogens with zero attached hydrogens (tertiary/aromatic N) is 2. The Kier molecular flexibility index (Phi) is 4.70.